The molecule has 18 heteroatoms. The van der Waals surface area contributed by atoms with E-state index in [9.17, 15) is 23.7 Å². The van der Waals surface area contributed by atoms with E-state index >= 15 is 4.39 Å². The number of hydrogen-bond donors (Lipinski definition) is 3. The lowest BCUT2D eigenvalue weighted by Gasteiger charge is -2.34. The Morgan fingerprint density at radius 2 is 1.71 bits per heavy atom. The molecule has 2 rings (SSSR count). The average molecular weight is 606 g/mol. The van der Waals surface area contributed by atoms with Crippen molar-refractivity contribution in [3.05, 3.63) is 43.5 Å². The van der Waals surface area contributed by atoms with Crippen molar-refractivity contribution in [2.24, 2.45) is 11.0 Å². The molecule has 0 spiro atoms. The zero-order valence-corrected chi connectivity index (χ0v) is 24.8. The highest BCUT2D eigenvalue weighted by molar-refractivity contribution is 7.54. The number of hydrogen-bond acceptors (Lipinski definition) is 10. The number of aromatic amines is 1. The van der Waals surface area contributed by atoms with E-state index < -0.39 is 92.2 Å². The van der Waals surface area contributed by atoms with Crippen LogP contribution in [0.25, 0.3) is 10.4 Å². The molecule has 1 aromatic rings. The quantitative estimate of drug-likeness (QED) is 0.0917. The Kier molecular flexibility index (Phi) is 11.8. The molecule has 1 aliphatic rings. The lowest BCUT2D eigenvalue weighted by molar-refractivity contribution is -0.149. The first-order chi connectivity index (χ1) is 19.0. The highest BCUT2D eigenvalue weighted by Crippen LogP contribution is 2.47. The highest BCUT2D eigenvalue weighted by atomic mass is 31.2. The number of azide groups is 1. The first-order valence-electron chi connectivity index (χ1n) is 12.9. The van der Waals surface area contributed by atoms with Gasteiger partial charge in [0.25, 0.3) is 5.56 Å². The number of esters is 2. The van der Waals surface area contributed by atoms with Crippen molar-refractivity contribution in [2.75, 3.05) is 13.2 Å². The second-order valence-electron chi connectivity index (χ2n) is 10.2. The number of carbonyl (C=O) groups excluding carboxylic acids is 2. The topological polar surface area (TPSA) is 216 Å². The molecule has 0 bridgehead atoms. The van der Waals surface area contributed by atoms with E-state index in [0.29, 0.717) is 0 Å². The molecule has 1 aliphatic heterocycles. The van der Waals surface area contributed by atoms with E-state index in [0.717, 1.165) is 16.8 Å². The second-order valence-corrected chi connectivity index (χ2v) is 12.1. The molecule has 41 heavy (non-hydrogen) atoms. The predicted octanol–water partition coefficient (Wildman–Crippen LogP) is 2.07. The molecule has 0 unspecified atom stereocenters. The van der Waals surface area contributed by atoms with E-state index in [-0.39, 0.29) is 0 Å². The van der Waals surface area contributed by atoms with Crippen molar-refractivity contribution in [1.29, 1.82) is 0 Å². The zero-order valence-electron chi connectivity index (χ0n) is 23.9. The Morgan fingerprint density at radius 3 is 2.17 bits per heavy atom. The summed E-state index contributed by atoms with van der Waals surface area (Å²) in [5.41, 5.74) is 5.56. The molecule has 1 aromatic heterocycles. The highest BCUT2D eigenvalue weighted by Gasteiger charge is 2.55. The summed E-state index contributed by atoms with van der Waals surface area (Å²) in [6.07, 6.45) is -3.33. The maximum atomic E-state index is 15.6. The van der Waals surface area contributed by atoms with Gasteiger partial charge in [-0.3, -0.25) is 28.5 Å². The van der Waals surface area contributed by atoms with Crippen molar-refractivity contribution in [3.8, 4) is 0 Å². The van der Waals surface area contributed by atoms with Crippen molar-refractivity contribution >= 4 is 19.6 Å². The van der Waals surface area contributed by atoms with E-state index in [1.807, 2.05) is 4.98 Å². The van der Waals surface area contributed by atoms with E-state index in [1.54, 1.807) is 27.7 Å². The summed E-state index contributed by atoms with van der Waals surface area (Å²) in [6.45, 7) is 9.44. The molecular weight excluding hydrogens is 568 g/mol. The molecule has 0 saturated carbocycles. The Balaban J connectivity index is 2.42. The maximum Gasteiger partial charge on any atom is 0.342 e. The lowest BCUT2D eigenvalue weighted by atomic mass is 9.88. The standard InChI is InChI=1S/C23H37FN7O9P/c1-12(2)38-20(33)15(6)28-41(36,29-16(7)21(34)39-13(3)4)37-11-23(10-26-30-25)14(5)18(24)19(40-23)31-9-8-17(32)27-22(31)35/h8-9,12-16,18-19H,10-11H2,1-7H3,(H,27,32,35)(H2,28,29,36)/t14-,15-,16-,18+,19+,23+/m0/s1. The fourth-order valence-electron chi connectivity index (χ4n) is 3.93. The normalized spacial score (nSPS) is 24.1. The number of H-pyrrole nitrogens is 1. The predicted molar refractivity (Wildman–Crippen MR) is 143 cm³/mol. The smallest absolute Gasteiger partial charge is 0.342 e. The van der Waals surface area contributed by atoms with Crippen molar-refractivity contribution in [3.63, 3.8) is 0 Å². The third kappa shape index (κ3) is 8.96. The Hall–Kier alpha value is -3.07. The first-order valence-corrected chi connectivity index (χ1v) is 14.5. The van der Waals surface area contributed by atoms with Gasteiger partial charge in [0.2, 0.25) is 0 Å². The summed E-state index contributed by atoms with van der Waals surface area (Å²) in [6, 6.07) is -1.38. The van der Waals surface area contributed by atoms with Crippen LogP contribution in [-0.4, -0.2) is 70.7 Å². The maximum absolute atomic E-state index is 15.6. The van der Waals surface area contributed by atoms with Gasteiger partial charge in [0.05, 0.1) is 25.4 Å². The van der Waals surface area contributed by atoms with Crippen LogP contribution in [0.15, 0.2) is 27.0 Å². The first kappa shape index (κ1) is 34.1. The fourth-order valence-corrected chi connectivity index (χ4v) is 5.78. The monoisotopic (exact) mass is 605 g/mol. The van der Waals surface area contributed by atoms with Crippen LogP contribution < -0.4 is 21.4 Å². The Bertz CT molecular complexity index is 1260. The Morgan fingerprint density at radius 1 is 1.17 bits per heavy atom. The SMILES string of the molecule is CC(C)OC(=O)[C@H](C)NP(=O)(N[C@@H](C)C(=O)OC(C)C)OC[C@@]1(CN=[N+]=[N-])O[C@@H](n2ccc(=O)[nH]c2=O)[C@H](F)[C@@H]1C. The summed E-state index contributed by atoms with van der Waals surface area (Å²) in [5.74, 6) is -2.63. The summed E-state index contributed by atoms with van der Waals surface area (Å²) >= 11 is 0. The summed E-state index contributed by atoms with van der Waals surface area (Å²) in [5, 5.41) is 8.53. The van der Waals surface area contributed by atoms with Gasteiger partial charge in [-0.1, -0.05) is 12.0 Å². The van der Waals surface area contributed by atoms with Crippen LogP contribution >= 0.6 is 7.67 Å². The summed E-state index contributed by atoms with van der Waals surface area (Å²) in [7, 11) is -4.36. The van der Waals surface area contributed by atoms with Gasteiger partial charge >= 0.3 is 25.3 Å². The summed E-state index contributed by atoms with van der Waals surface area (Å²) in [4.78, 5) is 53.4. The number of rotatable bonds is 14. The van der Waals surface area contributed by atoms with Crippen molar-refractivity contribution in [1.82, 2.24) is 19.7 Å². The average Bonchev–Trinajstić information content (AvgIpc) is 3.11. The molecular formula is C23H37FN7O9P. The lowest BCUT2D eigenvalue weighted by Crippen LogP contribution is -2.47. The molecule has 1 fully saturated rings. The number of ether oxygens (including phenoxy) is 3. The minimum atomic E-state index is -4.36. The Labute approximate surface area is 235 Å². The minimum absolute atomic E-state index is 0.477. The van der Waals surface area contributed by atoms with Crippen molar-refractivity contribution in [2.45, 2.75) is 90.8 Å². The van der Waals surface area contributed by atoms with Gasteiger partial charge in [-0.2, -0.15) is 0 Å². The van der Waals surface area contributed by atoms with Crippen LogP contribution in [0.5, 0.6) is 0 Å². The number of carbonyl (C=O) groups is 2. The number of halogens is 1. The van der Waals surface area contributed by atoms with Crippen LogP contribution in [0, 0.1) is 5.92 Å². The van der Waals surface area contributed by atoms with Gasteiger partial charge in [0.1, 0.15) is 17.7 Å². The third-order valence-corrected chi connectivity index (χ3v) is 8.04. The minimum Gasteiger partial charge on any atom is -0.462 e. The van der Waals surface area contributed by atoms with Gasteiger partial charge in [-0.15, -0.1) is 0 Å². The summed E-state index contributed by atoms with van der Waals surface area (Å²) < 4.78 is 52.3. The number of aromatic nitrogens is 2. The number of alkyl halides is 1. The van der Waals surface area contributed by atoms with Crippen molar-refractivity contribution < 1.29 is 37.3 Å². The van der Waals surface area contributed by atoms with Gasteiger partial charge < -0.3 is 18.7 Å². The number of nitrogens with one attached hydrogen (secondary N) is 3. The van der Waals surface area contributed by atoms with E-state index in [4.69, 9.17) is 24.3 Å². The fraction of sp³-hybridized carbons (Fsp3) is 0.739. The molecule has 0 aromatic carbocycles. The molecule has 0 radical (unpaired) electrons. The molecule has 6 atom stereocenters. The van der Waals surface area contributed by atoms with Crippen LogP contribution in [0.3, 0.4) is 0 Å². The zero-order chi connectivity index (χ0) is 31.1. The molecule has 1 saturated heterocycles. The van der Waals surface area contributed by atoms with Crippen LogP contribution in [0.1, 0.15) is 54.7 Å². The van der Waals surface area contributed by atoms with E-state index in [1.165, 1.54) is 20.8 Å². The van der Waals surface area contributed by atoms with Gasteiger partial charge in [-0.25, -0.2) is 19.4 Å². The molecule has 0 amide bonds. The molecule has 0 aliphatic carbocycles. The second kappa shape index (κ2) is 14.2. The molecule has 3 N–H and O–H groups in total. The van der Waals surface area contributed by atoms with Crippen LogP contribution in [0.4, 0.5) is 4.39 Å². The number of nitrogens with zero attached hydrogens (tertiary/aromatic N) is 4. The van der Waals surface area contributed by atoms with Crippen LogP contribution in [0.2, 0.25) is 0 Å². The molecule has 230 valence electrons. The van der Waals surface area contributed by atoms with E-state index in [2.05, 4.69) is 20.2 Å². The van der Waals surface area contributed by atoms with Gasteiger partial charge in [0, 0.05) is 23.1 Å². The molecule has 16 nitrogen and oxygen atoms in total. The van der Waals surface area contributed by atoms with Crippen LogP contribution in [-0.2, 0) is 32.9 Å². The third-order valence-electron chi connectivity index (χ3n) is 6.09. The van der Waals surface area contributed by atoms with Gasteiger partial charge in [0.15, 0.2) is 12.4 Å². The largest absolute Gasteiger partial charge is 0.462 e. The molecule has 2 heterocycles. The van der Waals surface area contributed by atoms with Gasteiger partial charge in [-0.05, 0) is 47.1 Å².